The molecule has 8 nitrogen and oxygen atoms in total. The molecule has 1 heterocycles. The van der Waals surface area contributed by atoms with Crippen LogP contribution in [-0.4, -0.2) is 44.3 Å². The molecule has 0 aromatic heterocycles. The second kappa shape index (κ2) is 9.59. The molecule has 134 valence electrons. The third kappa shape index (κ3) is 5.60. The van der Waals surface area contributed by atoms with Gasteiger partial charge in [-0.15, -0.1) is 0 Å². The lowest BCUT2D eigenvalue weighted by Gasteiger charge is -2.28. The van der Waals surface area contributed by atoms with Crippen LogP contribution in [-0.2, 0) is 33.3 Å². The number of carbonyl (C=O) groups is 3. The first-order chi connectivity index (χ1) is 11.4. The minimum atomic E-state index is -1.06. The van der Waals surface area contributed by atoms with Gasteiger partial charge in [0.05, 0.1) is 19.4 Å². The third-order valence-electron chi connectivity index (χ3n) is 3.10. The molecule has 24 heavy (non-hydrogen) atoms. The van der Waals surface area contributed by atoms with Crippen LogP contribution in [0.4, 0.5) is 0 Å². The minimum absolute atomic E-state index is 0.0887. The highest BCUT2D eigenvalue weighted by Crippen LogP contribution is 2.25. The highest BCUT2D eigenvalue weighted by atomic mass is 16.6. The predicted octanol–water partition coefficient (Wildman–Crippen LogP) is 1.17. The molecule has 0 saturated heterocycles. The Morgan fingerprint density at radius 1 is 1.21 bits per heavy atom. The summed E-state index contributed by atoms with van der Waals surface area (Å²) >= 11 is 0. The lowest BCUT2D eigenvalue weighted by molar-refractivity contribution is -0.148. The first kappa shape index (κ1) is 19.5. The van der Waals surface area contributed by atoms with E-state index in [9.17, 15) is 14.4 Å². The van der Waals surface area contributed by atoms with E-state index in [0.29, 0.717) is 12.3 Å². The fraction of sp³-hybridized carbons (Fsp3) is 0.562. The molecule has 0 aromatic rings. The number of rotatable bonds is 8. The van der Waals surface area contributed by atoms with Crippen molar-refractivity contribution in [1.82, 2.24) is 5.32 Å². The molecule has 1 N–H and O–H groups in total. The second-order valence-electron chi connectivity index (χ2n) is 5.05. The molecule has 0 aliphatic carbocycles. The van der Waals surface area contributed by atoms with Crippen LogP contribution >= 0.6 is 0 Å². The highest BCUT2D eigenvalue weighted by Gasteiger charge is 2.35. The number of methoxy groups -OCH3 is 1. The molecule has 0 fully saturated rings. The summed E-state index contributed by atoms with van der Waals surface area (Å²) in [5, 5.41) is 2.84. The number of hydrogen-bond donors (Lipinski definition) is 1. The largest absolute Gasteiger partial charge is 0.492 e. The molecule has 0 spiro atoms. The van der Waals surface area contributed by atoms with Crippen LogP contribution in [0, 0.1) is 0 Å². The van der Waals surface area contributed by atoms with Crippen LogP contribution in [0.15, 0.2) is 23.2 Å². The zero-order chi connectivity index (χ0) is 18.1. The number of carbonyl (C=O) groups excluding carboxylic acids is 3. The van der Waals surface area contributed by atoms with Gasteiger partial charge < -0.3 is 24.3 Å². The predicted molar refractivity (Wildman–Crippen MR) is 83.3 cm³/mol. The van der Waals surface area contributed by atoms with Crippen molar-refractivity contribution in [3.05, 3.63) is 23.2 Å². The Labute approximate surface area is 140 Å². The number of unbranched alkanes of at least 4 members (excludes halogenated alkanes) is 1. The van der Waals surface area contributed by atoms with Gasteiger partial charge in [0.1, 0.15) is 12.2 Å². The zero-order valence-corrected chi connectivity index (χ0v) is 14.3. The van der Waals surface area contributed by atoms with Crippen molar-refractivity contribution in [1.29, 1.82) is 0 Å². The zero-order valence-electron chi connectivity index (χ0n) is 14.3. The maximum absolute atomic E-state index is 11.9. The Morgan fingerprint density at radius 2 is 1.92 bits per heavy atom. The summed E-state index contributed by atoms with van der Waals surface area (Å²) in [5.74, 6) is -1.48. The quantitative estimate of drug-likeness (QED) is 0.399. The van der Waals surface area contributed by atoms with Crippen LogP contribution in [0.25, 0.3) is 0 Å². The van der Waals surface area contributed by atoms with Gasteiger partial charge in [-0.1, -0.05) is 13.3 Å². The maximum Gasteiger partial charge on any atom is 0.339 e. The molecule has 0 amide bonds. The number of dihydropyridines is 1. The number of esters is 3. The Bertz CT molecular complexity index is 551. The monoisotopic (exact) mass is 341 g/mol. The van der Waals surface area contributed by atoms with Crippen LogP contribution in [0.2, 0.25) is 0 Å². The fourth-order valence-electron chi connectivity index (χ4n) is 1.95. The molecule has 1 unspecified atom stereocenters. The van der Waals surface area contributed by atoms with Gasteiger partial charge in [-0.25, -0.2) is 4.79 Å². The van der Waals surface area contributed by atoms with Gasteiger partial charge in [0.2, 0.25) is 0 Å². The van der Waals surface area contributed by atoms with E-state index in [4.69, 9.17) is 18.9 Å². The van der Waals surface area contributed by atoms with Crippen molar-refractivity contribution in [2.75, 3.05) is 20.3 Å². The van der Waals surface area contributed by atoms with E-state index < -0.39 is 24.0 Å². The number of hydrogen-bond acceptors (Lipinski definition) is 8. The Balaban J connectivity index is 3.13. The van der Waals surface area contributed by atoms with Crippen molar-refractivity contribution in [2.45, 2.75) is 39.7 Å². The molecule has 1 aliphatic heterocycles. The van der Waals surface area contributed by atoms with Crippen molar-refractivity contribution >= 4 is 17.9 Å². The van der Waals surface area contributed by atoms with Crippen LogP contribution < -0.4 is 5.32 Å². The van der Waals surface area contributed by atoms with E-state index in [1.807, 2.05) is 6.92 Å². The van der Waals surface area contributed by atoms with Crippen LogP contribution in [0.1, 0.15) is 33.6 Å². The van der Waals surface area contributed by atoms with Crippen molar-refractivity contribution in [3.63, 3.8) is 0 Å². The first-order valence-electron chi connectivity index (χ1n) is 7.62. The van der Waals surface area contributed by atoms with Crippen molar-refractivity contribution in [3.8, 4) is 0 Å². The normalized spacial score (nSPS) is 16.7. The van der Waals surface area contributed by atoms with Gasteiger partial charge in [0.25, 0.3) is 0 Å². The Kier molecular flexibility index (Phi) is 7.81. The van der Waals surface area contributed by atoms with Gasteiger partial charge in [-0.05, 0) is 6.42 Å². The maximum atomic E-state index is 11.9. The van der Waals surface area contributed by atoms with Gasteiger partial charge in [0.15, 0.2) is 11.9 Å². The topological polar surface area (TPSA) is 100 Å². The Hall–Kier alpha value is -2.51. The molecular formula is C16H23NO7. The highest BCUT2D eigenvalue weighted by molar-refractivity contribution is 5.91. The summed E-state index contributed by atoms with van der Waals surface area (Å²) in [4.78, 5) is 34.4. The summed E-state index contributed by atoms with van der Waals surface area (Å²) in [6.07, 6.45) is 1.97. The molecule has 8 heteroatoms. The molecule has 0 radical (unpaired) electrons. The third-order valence-corrected chi connectivity index (χ3v) is 3.10. The summed E-state index contributed by atoms with van der Waals surface area (Å²) in [5.41, 5.74) is 0.492. The lowest BCUT2D eigenvalue weighted by atomic mass is 10.0. The van der Waals surface area contributed by atoms with Crippen molar-refractivity contribution in [2.24, 2.45) is 0 Å². The van der Waals surface area contributed by atoms with Crippen molar-refractivity contribution < 1.29 is 33.3 Å². The van der Waals surface area contributed by atoms with Gasteiger partial charge >= 0.3 is 17.9 Å². The fourth-order valence-corrected chi connectivity index (χ4v) is 1.95. The van der Waals surface area contributed by atoms with E-state index in [0.717, 1.165) is 12.8 Å². The number of nitrogens with one attached hydrogen (secondary N) is 1. The summed E-state index contributed by atoms with van der Waals surface area (Å²) in [6, 6.07) is 0. The molecule has 0 aromatic carbocycles. The second-order valence-corrected chi connectivity index (χ2v) is 5.05. The van der Waals surface area contributed by atoms with Gasteiger partial charge in [-0.2, -0.15) is 0 Å². The molecule has 0 saturated carbocycles. The Morgan fingerprint density at radius 3 is 2.46 bits per heavy atom. The SMILES string of the molecule is CCCCOC1=C(COC(C)=O)NC=C(C(=O)OC)C1OC(C)=O. The smallest absolute Gasteiger partial charge is 0.339 e. The van der Waals surface area contributed by atoms with E-state index in [1.165, 1.54) is 27.2 Å². The molecule has 1 aliphatic rings. The van der Waals surface area contributed by atoms with Gasteiger partial charge in [0, 0.05) is 20.0 Å². The average molecular weight is 341 g/mol. The molecule has 1 rings (SSSR count). The summed E-state index contributed by atoms with van der Waals surface area (Å²) in [7, 11) is 1.23. The minimum Gasteiger partial charge on any atom is -0.492 e. The standard InChI is InChI=1S/C16H23NO7/c1-5-6-7-22-15-13(9-23-10(2)18)17-8-12(16(20)21-4)14(15)24-11(3)19/h8,14,17H,5-7,9H2,1-4H3. The van der Waals surface area contributed by atoms with E-state index in [-0.39, 0.29) is 17.9 Å². The first-order valence-corrected chi connectivity index (χ1v) is 7.62. The molecule has 1 atom stereocenters. The number of ether oxygens (including phenoxy) is 4. The molecule has 0 bridgehead atoms. The summed E-state index contributed by atoms with van der Waals surface area (Å²) < 4.78 is 20.6. The molecular weight excluding hydrogens is 318 g/mol. The van der Waals surface area contributed by atoms with E-state index >= 15 is 0 Å². The average Bonchev–Trinajstić information content (AvgIpc) is 2.53. The van der Waals surface area contributed by atoms with Gasteiger partial charge in [-0.3, -0.25) is 9.59 Å². The van der Waals surface area contributed by atoms with E-state index in [1.54, 1.807) is 0 Å². The summed E-state index contributed by atoms with van der Waals surface area (Å²) in [6.45, 7) is 4.77. The van der Waals surface area contributed by atoms with Crippen LogP contribution in [0.5, 0.6) is 0 Å². The van der Waals surface area contributed by atoms with Crippen LogP contribution in [0.3, 0.4) is 0 Å². The van der Waals surface area contributed by atoms with E-state index in [2.05, 4.69) is 5.32 Å². The lowest BCUT2D eigenvalue weighted by Crippen LogP contribution is -2.36.